The fraction of sp³-hybridized carbons (Fsp3) is 0.143. The van der Waals surface area contributed by atoms with Crippen LogP contribution < -0.4 is 5.32 Å². The topological polar surface area (TPSA) is 42.0 Å². The number of amides is 1. The van der Waals surface area contributed by atoms with Crippen LogP contribution in [0.25, 0.3) is 0 Å². The zero-order valence-corrected chi connectivity index (χ0v) is 12.6. The molecule has 5 heteroatoms. The maximum atomic E-state index is 12.1. The van der Waals surface area contributed by atoms with Gasteiger partial charge in [0.1, 0.15) is 5.15 Å². The summed E-state index contributed by atoms with van der Waals surface area (Å²) in [5, 5.41) is 3.11. The smallest absolute Gasteiger partial charge is 0.254 e. The summed E-state index contributed by atoms with van der Waals surface area (Å²) in [6.45, 7) is 1.92. The monoisotopic (exact) mass is 338 g/mol. The van der Waals surface area contributed by atoms with Crippen LogP contribution in [0.1, 0.15) is 28.9 Å². The Kier molecular flexibility index (Phi) is 4.56. The third kappa shape index (κ3) is 3.33. The van der Waals surface area contributed by atoms with Crippen molar-refractivity contribution in [3.63, 3.8) is 0 Å². The van der Waals surface area contributed by atoms with Crippen LogP contribution in [-0.4, -0.2) is 10.9 Å². The standard InChI is InChI=1S/C14H12BrClN2O/c1-9(10-5-2-3-7-12(10)15)18-14(19)11-6-4-8-17-13(11)16/h2-9H,1H3,(H,18,19)/t9-/m0/s1. The average Bonchev–Trinajstić information content (AvgIpc) is 2.39. The van der Waals surface area contributed by atoms with Gasteiger partial charge in [0.15, 0.2) is 0 Å². The van der Waals surface area contributed by atoms with Gasteiger partial charge < -0.3 is 5.32 Å². The fourth-order valence-electron chi connectivity index (χ4n) is 1.73. The Bertz CT molecular complexity index is 604. The lowest BCUT2D eigenvalue weighted by molar-refractivity contribution is 0.0939. The van der Waals surface area contributed by atoms with Gasteiger partial charge in [0.25, 0.3) is 5.91 Å². The summed E-state index contributed by atoms with van der Waals surface area (Å²) >= 11 is 9.37. The summed E-state index contributed by atoms with van der Waals surface area (Å²) in [5.41, 5.74) is 1.39. The predicted octanol–water partition coefficient (Wildman–Crippen LogP) is 3.99. The van der Waals surface area contributed by atoms with Gasteiger partial charge in [0.2, 0.25) is 0 Å². The molecular weight excluding hydrogens is 328 g/mol. The van der Waals surface area contributed by atoms with Crippen molar-refractivity contribution in [1.82, 2.24) is 10.3 Å². The van der Waals surface area contributed by atoms with Crippen LogP contribution in [0.3, 0.4) is 0 Å². The van der Waals surface area contributed by atoms with Crippen molar-refractivity contribution < 1.29 is 4.79 Å². The molecule has 0 aliphatic rings. The van der Waals surface area contributed by atoms with Crippen LogP contribution in [0.2, 0.25) is 5.15 Å². The molecule has 1 aromatic carbocycles. The Balaban J connectivity index is 2.16. The SMILES string of the molecule is C[C@H](NC(=O)c1cccnc1Cl)c1ccccc1Br. The van der Waals surface area contributed by atoms with Crippen LogP contribution in [0, 0.1) is 0 Å². The molecule has 1 heterocycles. The molecule has 0 fully saturated rings. The Hall–Kier alpha value is -1.39. The van der Waals surface area contributed by atoms with Gasteiger partial charge in [0.05, 0.1) is 11.6 Å². The molecule has 0 saturated heterocycles. The van der Waals surface area contributed by atoms with E-state index in [-0.39, 0.29) is 17.1 Å². The molecule has 1 aromatic heterocycles. The van der Waals surface area contributed by atoms with E-state index in [1.807, 2.05) is 31.2 Å². The molecule has 0 bridgehead atoms. The zero-order chi connectivity index (χ0) is 13.8. The number of carbonyl (C=O) groups is 1. The first-order chi connectivity index (χ1) is 9.09. The minimum Gasteiger partial charge on any atom is -0.345 e. The van der Waals surface area contributed by atoms with E-state index in [1.54, 1.807) is 18.3 Å². The van der Waals surface area contributed by atoms with Crippen molar-refractivity contribution >= 4 is 33.4 Å². The molecule has 0 spiro atoms. The lowest BCUT2D eigenvalue weighted by atomic mass is 10.1. The lowest BCUT2D eigenvalue weighted by Gasteiger charge is -2.16. The van der Waals surface area contributed by atoms with Gasteiger partial charge in [-0.1, -0.05) is 45.7 Å². The molecule has 0 radical (unpaired) electrons. The number of pyridine rings is 1. The summed E-state index contributed by atoms with van der Waals surface area (Å²) in [6.07, 6.45) is 1.55. The van der Waals surface area contributed by atoms with Gasteiger partial charge in [-0.25, -0.2) is 4.98 Å². The number of carbonyl (C=O) groups excluding carboxylic acids is 1. The molecule has 1 amide bonds. The molecule has 19 heavy (non-hydrogen) atoms. The van der Waals surface area contributed by atoms with Crippen molar-refractivity contribution in [1.29, 1.82) is 0 Å². The number of nitrogens with one attached hydrogen (secondary N) is 1. The second kappa shape index (κ2) is 6.17. The molecule has 0 unspecified atom stereocenters. The highest BCUT2D eigenvalue weighted by atomic mass is 79.9. The van der Waals surface area contributed by atoms with Gasteiger partial charge in [-0.3, -0.25) is 4.79 Å². The van der Waals surface area contributed by atoms with E-state index in [0.29, 0.717) is 5.56 Å². The maximum absolute atomic E-state index is 12.1. The molecule has 0 aliphatic carbocycles. The van der Waals surface area contributed by atoms with E-state index in [1.165, 1.54) is 0 Å². The largest absolute Gasteiger partial charge is 0.345 e. The van der Waals surface area contributed by atoms with Crippen LogP contribution >= 0.6 is 27.5 Å². The molecule has 98 valence electrons. The van der Waals surface area contributed by atoms with Crippen LogP contribution in [0.15, 0.2) is 47.1 Å². The number of halogens is 2. The van der Waals surface area contributed by atoms with Crippen LogP contribution in [0.4, 0.5) is 0 Å². The Labute approximate surface area is 125 Å². The molecule has 0 aliphatic heterocycles. The summed E-state index contributed by atoms with van der Waals surface area (Å²) in [4.78, 5) is 16.0. The number of aromatic nitrogens is 1. The highest BCUT2D eigenvalue weighted by Crippen LogP contribution is 2.23. The van der Waals surface area contributed by atoms with Gasteiger partial charge in [-0.15, -0.1) is 0 Å². The van der Waals surface area contributed by atoms with Gasteiger partial charge >= 0.3 is 0 Å². The van der Waals surface area contributed by atoms with Crippen LogP contribution in [-0.2, 0) is 0 Å². The molecular formula is C14H12BrClN2O. The molecule has 1 N–H and O–H groups in total. The first kappa shape index (κ1) is 14.0. The third-order valence-electron chi connectivity index (χ3n) is 2.72. The van der Waals surface area contributed by atoms with E-state index in [9.17, 15) is 4.79 Å². The number of rotatable bonds is 3. The molecule has 2 aromatic rings. The predicted molar refractivity (Wildman–Crippen MR) is 79.3 cm³/mol. The Morgan fingerprint density at radius 2 is 2.05 bits per heavy atom. The third-order valence-corrected chi connectivity index (χ3v) is 3.75. The highest BCUT2D eigenvalue weighted by Gasteiger charge is 2.15. The van der Waals surface area contributed by atoms with Gasteiger partial charge in [-0.2, -0.15) is 0 Å². The van der Waals surface area contributed by atoms with E-state index in [0.717, 1.165) is 10.0 Å². The lowest BCUT2D eigenvalue weighted by Crippen LogP contribution is -2.27. The first-order valence-electron chi connectivity index (χ1n) is 5.75. The summed E-state index contributed by atoms with van der Waals surface area (Å²) in [6, 6.07) is 11.0. The van der Waals surface area contributed by atoms with E-state index >= 15 is 0 Å². The summed E-state index contributed by atoms with van der Waals surface area (Å²) in [7, 11) is 0. The molecule has 1 atom stereocenters. The maximum Gasteiger partial charge on any atom is 0.254 e. The minimum absolute atomic E-state index is 0.126. The number of hydrogen-bond donors (Lipinski definition) is 1. The van der Waals surface area contributed by atoms with Crippen molar-refractivity contribution in [2.75, 3.05) is 0 Å². The zero-order valence-electron chi connectivity index (χ0n) is 10.2. The van der Waals surface area contributed by atoms with Gasteiger partial charge in [-0.05, 0) is 30.7 Å². The van der Waals surface area contributed by atoms with Crippen molar-refractivity contribution in [3.05, 3.63) is 63.3 Å². The molecule has 0 saturated carbocycles. The Morgan fingerprint density at radius 3 is 2.74 bits per heavy atom. The molecule has 3 nitrogen and oxygen atoms in total. The quantitative estimate of drug-likeness (QED) is 0.859. The van der Waals surface area contributed by atoms with Crippen molar-refractivity contribution in [2.24, 2.45) is 0 Å². The number of benzene rings is 1. The first-order valence-corrected chi connectivity index (χ1v) is 6.92. The number of hydrogen-bond acceptors (Lipinski definition) is 2. The summed E-state index contributed by atoms with van der Waals surface area (Å²) < 4.78 is 0.958. The Morgan fingerprint density at radius 1 is 1.32 bits per heavy atom. The fourth-order valence-corrected chi connectivity index (χ4v) is 2.57. The second-order valence-electron chi connectivity index (χ2n) is 4.06. The molecule has 2 rings (SSSR count). The van der Waals surface area contributed by atoms with E-state index in [4.69, 9.17) is 11.6 Å². The van der Waals surface area contributed by atoms with E-state index in [2.05, 4.69) is 26.2 Å². The van der Waals surface area contributed by atoms with Crippen molar-refractivity contribution in [3.8, 4) is 0 Å². The highest BCUT2D eigenvalue weighted by molar-refractivity contribution is 9.10. The minimum atomic E-state index is -0.235. The number of nitrogens with zero attached hydrogens (tertiary/aromatic N) is 1. The average molecular weight is 340 g/mol. The normalized spacial score (nSPS) is 11.9. The van der Waals surface area contributed by atoms with Crippen LogP contribution in [0.5, 0.6) is 0 Å². The van der Waals surface area contributed by atoms with Gasteiger partial charge in [0, 0.05) is 10.7 Å². The van der Waals surface area contributed by atoms with E-state index < -0.39 is 0 Å². The second-order valence-corrected chi connectivity index (χ2v) is 5.27. The van der Waals surface area contributed by atoms with Crippen molar-refractivity contribution in [2.45, 2.75) is 13.0 Å². The summed E-state index contributed by atoms with van der Waals surface area (Å²) in [5.74, 6) is -0.235.